The van der Waals surface area contributed by atoms with Crippen LogP contribution in [0.1, 0.15) is 60.4 Å². The number of nitrogens with one attached hydrogen (secondary N) is 1. The van der Waals surface area contributed by atoms with E-state index in [2.05, 4.69) is 35.0 Å². The molecule has 31 heavy (non-hydrogen) atoms. The fraction of sp³-hybridized carbons (Fsp3) is 0.542. The summed E-state index contributed by atoms with van der Waals surface area (Å²) in [6.45, 7) is 5.85. The largest absolute Gasteiger partial charge is 0.321 e. The Morgan fingerprint density at radius 1 is 1.06 bits per heavy atom. The standard InChI is InChI=1S/C23H28N2O.CH4O3S/c1-15-9-11-25(12-10-15)14-16-5-4-8-18-20(16)13-21-17-6-2-3-7-19(17)23(26)24-22(18)21;1-5(2,3)4/h4-5,8,15H,2-3,6-7,9-14H2,1H3,(H,24,26);1H3,(H,2,3,4). The van der Waals surface area contributed by atoms with Crippen LogP contribution in [0.2, 0.25) is 0 Å². The topological polar surface area (TPSA) is 90.5 Å². The third-order valence-corrected chi connectivity index (χ3v) is 6.81. The average molecular weight is 445 g/mol. The van der Waals surface area contributed by atoms with E-state index in [9.17, 15) is 13.2 Å². The summed E-state index contributed by atoms with van der Waals surface area (Å²) >= 11 is 0. The molecule has 0 bridgehead atoms. The van der Waals surface area contributed by atoms with E-state index in [0.717, 1.165) is 49.4 Å². The molecule has 2 heterocycles. The highest BCUT2D eigenvalue weighted by Gasteiger charge is 2.28. The number of hydrogen-bond acceptors (Lipinski definition) is 4. The Balaban J connectivity index is 0.000000418. The van der Waals surface area contributed by atoms with E-state index < -0.39 is 10.1 Å². The second-order valence-electron chi connectivity index (χ2n) is 9.28. The highest BCUT2D eigenvalue weighted by Crippen LogP contribution is 2.40. The summed E-state index contributed by atoms with van der Waals surface area (Å²) in [5.74, 6) is 0.869. The van der Waals surface area contributed by atoms with Gasteiger partial charge in [0.25, 0.3) is 15.7 Å². The molecule has 0 radical (unpaired) electrons. The normalized spacial score (nSPS) is 18.5. The Labute approximate surface area is 184 Å². The van der Waals surface area contributed by atoms with E-state index in [1.807, 2.05) is 0 Å². The Hall–Kier alpha value is -1.96. The molecular formula is C24H32N2O4S. The van der Waals surface area contributed by atoms with Gasteiger partial charge < -0.3 is 4.98 Å². The van der Waals surface area contributed by atoms with E-state index >= 15 is 0 Å². The predicted molar refractivity (Wildman–Crippen MR) is 123 cm³/mol. The van der Waals surface area contributed by atoms with Gasteiger partial charge in [-0.15, -0.1) is 0 Å². The van der Waals surface area contributed by atoms with E-state index in [1.165, 1.54) is 60.2 Å². The zero-order valence-corrected chi connectivity index (χ0v) is 19.2. The maximum Gasteiger partial charge on any atom is 0.261 e. The molecule has 1 aromatic carbocycles. The zero-order valence-electron chi connectivity index (χ0n) is 18.4. The van der Waals surface area contributed by atoms with Gasteiger partial charge in [0.1, 0.15) is 0 Å². The molecule has 0 amide bonds. The summed E-state index contributed by atoms with van der Waals surface area (Å²) in [5.41, 5.74) is 9.29. The number of piperidine rings is 1. The van der Waals surface area contributed by atoms with Crippen LogP contribution in [0.25, 0.3) is 11.3 Å². The molecule has 2 aromatic rings. The van der Waals surface area contributed by atoms with E-state index in [-0.39, 0.29) is 5.56 Å². The number of likely N-dealkylation sites (tertiary alicyclic amines) is 1. The van der Waals surface area contributed by atoms with Crippen molar-refractivity contribution >= 4 is 10.1 Å². The average Bonchev–Trinajstić information content (AvgIpc) is 3.09. The van der Waals surface area contributed by atoms with E-state index in [1.54, 1.807) is 0 Å². The molecule has 5 rings (SSSR count). The maximum atomic E-state index is 12.6. The predicted octanol–water partition coefficient (Wildman–Crippen LogP) is 3.56. The van der Waals surface area contributed by atoms with Gasteiger partial charge in [0.2, 0.25) is 0 Å². The highest BCUT2D eigenvalue weighted by molar-refractivity contribution is 7.85. The van der Waals surface area contributed by atoms with Gasteiger partial charge in [-0.2, -0.15) is 8.42 Å². The summed E-state index contributed by atoms with van der Waals surface area (Å²) in [6.07, 6.45) is 8.75. The molecule has 0 saturated carbocycles. The number of pyridine rings is 1. The van der Waals surface area contributed by atoms with Crippen LogP contribution in [-0.2, 0) is 35.9 Å². The molecule has 0 atom stereocenters. The molecule has 168 valence electrons. The SMILES string of the molecule is CC1CCN(Cc2cccc3c2Cc2c-3[nH]c(=O)c3c2CCCC3)CC1.CS(=O)(=O)O. The molecule has 6 nitrogen and oxygen atoms in total. The Morgan fingerprint density at radius 2 is 1.71 bits per heavy atom. The van der Waals surface area contributed by atoms with Crippen molar-refractivity contribution in [2.24, 2.45) is 5.92 Å². The third-order valence-electron chi connectivity index (χ3n) is 6.81. The van der Waals surface area contributed by atoms with E-state index in [0.29, 0.717) is 6.26 Å². The van der Waals surface area contributed by atoms with Crippen molar-refractivity contribution in [3.8, 4) is 11.3 Å². The molecule has 2 N–H and O–H groups in total. The monoisotopic (exact) mass is 444 g/mol. The van der Waals surface area contributed by atoms with Crippen molar-refractivity contribution in [2.45, 2.75) is 58.4 Å². The van der Waals surface area contributed by atoms with Gasteiger partial charge >= 0.3 is 0 Å². The summed E-state index contributed by atoms with van der Waals surface area (Å²) in [4.78, 5) is 18.4. The summed E-state index contributed by atoms with van der Waals surface area (Å²) in [7, 11) is -3.67. The molecule has 2 aliphatic carbocycles. The van der Waals surface area contributed by atoms with Gasteiger partial charge in [-0.1, -0.05) is 25.1 Å². The number of rotatable bonds is 2. The number of hydrogen-bond donors (Lipinski definition) is 2. The number of aromatic nitrogens is 1. The van der Waals surface area contributed by atoms with Crippen molar-refractivity contribution in [2.75, 3.05) is 19.3 Å². The smallest absolute Gasteiger partial charge is 0.261 e. The Kier molecular flexibility index (Phi) is 6.37. The maximum absolute atomic E-state index is 12.6. The second-order valence-corrected chi connectivity index (χ2v) is 10.7. The first-order chi connectivity index (χ1) is 14.7. The minimum atomic E-state index is -3.67. The molecule has 0 unspecified atom stereocenters. The summed E-state index contributed by atoms with van der Waals surface area (Å²) in [6, 6.07) is 6.68. The molecule has 1 aromatic heterocycles. The van der Waals surface area contributed by atoms with Crippen molar-refractivity contribution in [1.82, 2.24) is 9.88 Å². The van der Waals surface area contributed by atoms with Crippen LogP contribution in [0.15, 0.2) is 23.0 Å². The third kappa shape index (κ3) is 5.10. The zero-order chi connectivity index (χ0) is 22.2. The first kappa shape index (κ1) is 22.2. The molecule has 1 fully saturated rings. The van der Waals surface area contributed by atoms with Crippen LogP contribution in [0.4, 0.5) is 0 Å². The minimum Gasteiger partial charge on any atom is -0.321 e. The Bertz CT molecular complexity index is 1120. The number of aromatic amines is 1. The van der Waals surface area contributed by atoms with Crippen LogP contribution in [0.3, 0.4) is 0 Å². The highest BCUT2D eigenvalue weighted by atomic mass is 32.2. The second kappa shape index (κ2) is 8.88. The van der Waals surface area contributed by atoms with Crippen molar-refractivity contribution < 1.29 is 13.0 Å². The number of H-pyrrole nitrogens is 1. The summed E-state index contributed by atoms with van der Waals surface area (Å²) in [5, 5.41) is 0. The van der Waals surface area contributed by atoms with Gasteiger partial charge in [-0.05, 0) is 79.8 Å². The lowest BCUT2D eigenvalue weighted by Gasteiger charge is -2.30. The first-order valence-corrected chi connectivity index (χ1v) is 13.1. The lowest BCUT2D eigenvalue weighted by atomic mass is 9.88. The number of nitrogens with zero attached hydrogens (tertiary/aromatic N) is 1. The van der Waals surface area contributed by atoms with E-state index in [4.69, 9.17) is 4.55 Å². The molecule has 7 heteroatoms. The fourth-order valence-corrected chi connectivity index (χ4v) is 5.19. The van der Waals surface area contributed by atoms with Crippen LogP contribution in [0, 0.1) is 5.92 Å². The van der Waals surface area contributed by atoms with Crippen molar-refractivity contribution in [3.05, 3.63) is 56.4 Å². The van der Waals surface area contributed by atoms with Crippen LogP contribution in [-0.4, -0.2) is 42.2 Å². The van der Waals surface area contributed by atoms with Crippen LogP contribution >= 0.6 is 0 Å². The molecule has 0 spiro atoms. The van der Waals surface area contributed by atoms with Crippen LogP contribution in [0.5, 0.6) is 0 Å². The van der Waals surface area contributed by atoms with Crippen LogP contribution < -0.4 is 5.56 Å². The molecular weight excluding hydrogens is 412 g/mol. The number of benzene rings is 1. The lowest BCUT2D eigenvalue weighted by Crippen LogP contribution is -2.32. The lowest BCUT2D eigenvalue weighted by molar-refractivity contribution is 0.185. The Morgan fingerprint density at radius 3 is 2.39 bits per heavy atom. The molecule has 3 aliphatic rings. The van der Waals surface area contributed by atoms with Gasteiger partial charge in [-0.25, -0.2) is 0 Å². The first-order valence-electron chi connectivity index (χ1n) is 11.2. The van der Waals surface area contributed by atoms with Gasteiger partial charge in [-0.3, -0.25) is 14.2 Å². The number of fused-ring (bicyclic) bond motifs is 5. The molecule has 1 aliphatic heterocycles. The minimum absolute atomic E-state index is 0.154. The van der Waals surface area contributed by atoms with Crippen molar-refractivity contribution in [3.63, 3.8) is 0 Å². The van der Waals surface area contributed by atoms with Gasteiger partial charge in [0.05, 0.1) is 11.9 Å². The van der Waals surface area contributed by atoms with Gasteiger partial charge in [0, 0.05) is 24.1 Å². The molecule has 1 saturated heterocycles. The van der Waals surface area contributed by atoms with Gasteiger partial charge in [0.15, 0.2) is 0 Å². The quantitative estimate of drug-likeness (QED) is 0.590. The fourth-order valence-electron chi connectivity index (χ4n) is 5.19. The summed E-state index contributed by atoms with van der Waals surface area (Å²) < 4.78 is 25.9. The van der Waals surface area contributed by atoms with Crippen molar-refractivity contribution in [1.29, 1.82) is 0 Å².